The Bertz CT molecular complexity index is 544. The number of nitrogen functional groups attached to an aromatic ring is 1. The van der Waals surface area contributed by atoms with E-state index in [2.05, 4.69) is 15.3 Å². The van der Waals surface area contributed by atoms with Crippen LogP contribution in [0.1, 0.15) is 0 Å². The smallest absolute Gasteiger partial charge is 0.311 e. The first-order valence-corrected chi connectivity index (χ1v) is 4.75. The van der Waals surface area contributed by atoms with Crippen molar-refractivity contribution in [1.29, 1.82) is 0 Å². The van der Waals surface area contributed by atoms with E-state index in [9.17, 15) is 10.1 Å². The molecule has 2 heterocycles. The quantitative estimate of drug-likeness (QED) is 0.615. The van der Waals surface area contributed by atoms with Gasteiger partial charge in [-0.25, -0.2) is 4.98 Å². The third-order valence-corrected chi connectivity index (χ3v) is 2.03. The minimum absolute atomic E-state index is 0.121. The van der Waals surface area contributed by atoms with Gasteiger partial charge >= 0.3 is 5.69 Å². The van der Waals surface area contributed by atoms with Crippen molar-refractivity contribution in [3.05, 3.63) is 46.8 Å². The molecule has 0 unspecified atom stereocenters. The van der Waals surface area contributed by atoms with Crippen LogP contribution >= 0.6 is 0 Å². The fraction of sp³-hybridized carbons (Fsp3) is 0. The lowest BCUT2D eigenvalue weighted by atomic mass is 10.3. The van der Waals surface area contributed by atoms with Crippen LogP contribution in [0, 0.1) is 10.1 Å². The predicted octanol–water partition coefficient (Wildman–Crippen LogP) is 1.71. The third-order valence-electron chi connectivity index (χ3n) is 2.03. The zero-order valence-corrected chi connectivity index (χ0v) is 8.70. The number of aromatic nitrogens is 2. The summed E-state index contributed by atoms with van der Waals surface area (Å²) in [6.07, 6.45) is 3.25. The zero-order valence-electron chi connectivity index (χ0n) is 8.70. The van der Waals surface area contributed by atoms with Crippen molar-refractivity contribution in [1.82, 2.24) is 9.97 Å². The molecule has 0 amide bonds. The molecule has 7 heteroatoms. The van der Waals surface area contributed by atoms with Gasteiger partial charge < -0.3 is 11.1 Å². The Kier molecular flexibility index (Phi) is 2.82. The monoisotopic (exact) mass is 231 g/mol. The molecule has 0 aliphatic rings. The van der Waals surface area contributed by atoms with Crippen molar-refractivity contribution in [2.24, 2.45) is 0 Å². The standard InChI is InChI=1S/C10H9N5O2/c11-10-8(15(16)17)3-4-9(14-10)13-7-2-1-5-12-6-7/h1-6H,(H3,11,13,14). The van der Waals surface area contributed by atoms with Crippen molar-refractivity contribution < 1.29 is 4.92 Å². The van der Waals surface area contributed by atoms with Crippen molar-refractivity contribution >= 4 is 23.0 Å². The van der Waals surface area contributed by atoms with Crippen LogP contribution in [0.4, 0.5) is 23.0 Å². The molecule has 0 atom stereocenters. The minimum atomic E-state index is -0.573. The van der Waals surface area contributed by atoms with E-state index in [0.717, 1.165) is 5.69 Å². The predicted molar refractivity (Wildman–Crippen MR) is 62.8 cm³/mol. The first kappa shape index (κ1) is 10.8. The van der Waals surface area contributed by atoms with Gasteiger partial charge in [0.1, 0.15) is 5.82 Å². The highest BCUT2D eigenvalue weighted by atomic mass is 16.6. The van der Waals surface area contributed by atoms with E-state index in [1.807, 2.05) is 0 Å². The van der Waals surface area contributed by atoms with E-state index < -0.39 is 4.92 Å². The van der Waals surface area contributed by atoms with Gasteiger partial charge in [0.15, 0.2) is 0 Å². The Hall–Kier alpha value is -2.70. The van der Waals surface area contributed by atoms with Gasteiger partial charge in [0.25, 0.3) is 0 Å². The molecule has 86 valence electrons. The number of nitrogens with one attached hydrogen (secondary N) is 1. The summed E-state index contributed by atoms with van der Waals surface area (Å²) in [5, 5.41) is 13.5. The van der Waals surface area contributed by atoms with Gasteiger partial charge in [-0.1, -0.05) is 0 Å². The third kappa shape index (κ3) is 2.46. The number of hydrogen-bond acceptors (Lipinski definition) is 6. The Morgan fingerprint density at radius 2 is 2.18 bits per heavy atom. The molecular formula is C10H9N5O2. The molecule has 0 bridgehead atoms. The number of nitrogens with two attached hydrogens (primary N) is 1. The Labute approximate surface area is 96.5 Å². The van der Waals surface area contributed by atoms with E-state index >= 15 is 0 Å². The lowest BCUT2D eigenvalue weighted by Crippen LogP contribution is -2.01. The molecule has 0 fully saturated rings. The molecule has 2 aromatic heterocycles. The SMILES string of the molecule is Nc1nc(Nc2cccnc2)ccc1[N+](=O)[O-]. The molecular weight excluding hydrogens is 222 g/mol. The highest BCUT2D eigenvalue weighted by Crippen LogP contribution is 2.22. The van der Waals surface area contributed by atoms with Crippen molar-refractivity contribution in [2.75, 3.05) is 11.1 Å². The lowest BCUT2D eigenvalue weighted by Gasteiger charge is -2.05. The van der Waals surface area contributed by atoms with Gasteiger partial charge in [-0.3, -0.25) is 15.1 Å². The molecule has 7 nitrogen and oxygen atoms in total. The van der Waals surface area contributed by atoms with Gasteiger partial charge in [0.2, 0.25) is 5.82 Å². The number of nitrogens with zero attached hydrogens (tertiary/aromatic N) is 3. The fourth-order valence-electron chi connectivity index (χ4n) is 1.28. The second-order valence-electron chi connectivity index (χ2n) is 3.22. The number of anilines is 3. The largest absolute Gasteiger partial charge is 0.378 e. The molecule has 2 rings (SSSR count). The average molecular weight is 231 g/mol. The summed E-state index contributed by atoms with van der Waals surface area (Å²) in [5.41, 5.74) is 5.99. The molecule has 3 N–H and O–H groups in total. The molecule has 0 aliphatic heterocycles. The average Bonchev–Trinajstić information content (AvgIpc) is 2.30. The summed E-state index contributed by atoms with van der Waals surface area (Å²) in [4.78, 5) is 17.8. The maximum absolute atomic E-state index is 10.5. The number of hydrogen-bond donors (Lipinski definition) is 2. The van der Waals surface area contributed by atoms with Crippen LogP contribution < -0.4 is 11.1 Å². The van der Waals surface area contributed by atoms with Crippen molar-refractivity contribution in [3.63, 3.8) is 0 Å². The minimum Gasteiger partial charge on any atom is -0.378 e. The van der Waals surface area contributed by atoms with Crippen LogP contribution in [0.25, 0.3) is 0 Å². The summed E-state index contributed by atoms with van der Waals surface area (Å²) >= 11 is 0. The molecule has 17 heavy (non-hydrogen) atoms. The molecule has 2 aromatic rings. The second kappa shape index (κ2) is 4.44. The molecule has 0 radical (unpaired) electrons. The van der Waals surface area contributed by atoms with Gasteiger partial charge in [-0.2, -0.15) is 0 Å². The van der Waals surface area contributed by atoms with Crippen LogP contribution in [-0.4, -0.2) is 14.9 Å². The van der Waals surface area contributed by atoms with Crippen LogP contribution in [-0.2, 0) is 0 Å². The molecule has 0 spiro atoms. The van der Waals surface area contributed by atoms with Crippen LogP contribution in [0.15, 0.2) is 36.7 Å². The van der Waals surface area contributed by atoms with Crippen LogP contribution in [0.5, 0.6) is 0 Å². The van der Waals surface area contributed by atoms with Crippen molar-refractivity contribution in [2.45, 2.75) is 0 Å². The normalized spacial score (nSPS) is 9.88. The second-order valence-corrected chi connectivity index (χ2v) is 3.22. The summed E-state index contributed by atoms with van der Waals surface area (Å²) in [7, 11) is 0. The highest BCUT2D eigenvalue weighted by molar-refractivity contribution is 5.61. The fourth-order valence-corrected chi connectivity index (χ4v) is 1.28. The lowest BCUT2D eigenvalue weighted by molar-refractivity contribution is -0.384. The van der Waals surface area contributed by atoms with E-state index in [1.165, 1.54) is 12.1 Å². The summed E-state index contributed by atoms with van der Waals surface area (Å²) in [6, 6.07) is 6.35. The molecule has 0 aromatic carbocycles. The molecule has 0 aliphatic carbocycles. The summed E-state index contributed by atoms with van der Waals surface area (Å²) in [6.45, 7) is 0. The first-order chi connectivity index (χ1) is 8.16. The zero-order chi connectivity index (χ0) is 12.3. The summed E-state index contributed by atoms with van der Waals surface area (Å²) in [5.74, 6) is 0.310. The summed E-state index contributed by atoms with van der Waals surface area (Å²) < 4.78 is 0. The van der Waals surface area contributed by atoms with Gasteiger partial charge in [0, 0.05) is 12.3 Å². The van der Waals surface area contributed by atoms with Gasteiger partial charge in [-0.05, 0) is 18.2 Å². The first-order valence-electron chi connectivity index (χ1n) is 4.75. The molecule has 0 saturated carbocycles. The highest BCUT2D eigenvalue weighted by Gasteiger charge is 2.12. The van der Waals surface area contributed by atoms with Crippen molar-refractivity contribution in [3.8, 4) is 0 Å². The van der Waals surface area contributed by atoms with E-state index in [-0.39, 0.29) is 11.5 Å². The maximum atomic E-state index is 10.5. The van der Waals surface area contributed by atoms with Gasteiger partial charge in [0.05, 0.1) is 16.8 Å². The van der Waals surface area contributed by atoms with E-state index in [0.29, 0.717) is 5.82 Å². The van der Waals surface area contributed by atoms with E-state index in [4.69, 9.17) is 5.73 Å². The van der Waals surface area contributed by atoms with Crippen LogP contribution in [0.3, 0.4) is 0 Å². The van der Waals surface area contributed by atoms with Crippen LogP contribution in [0.2, 0.25) is 0 Å². The topological polar surface area (TPSA) is 107 Å². The maximum Gasteiger partial charge on any atom is 0.311 e. The Morgan fingerprint density at radius 3 is 2.76 bits per heavy atom. The Balaban J connectivity index is 2.24. The number of nitro groups is 1. The van der Waals surface area contributed by atoms with E-state index in [1.54, 1.807) is 24.5 Å². The Morgan fingerprint density at radius 1 is 1.35 bits per heavy atom. The number of pyridine rings is 2. The molecule has 0 saturated heterocycles. The van der Waals surface area contributed by atoms with Gasteiger partial charge in [-0.15, -0.1) is 0 Å². The number of rotatable bonds is 3.